The van der Waals surface area contributed by atoms with Gasteiger partial charge in [-0.15, -0.1) is 0 Å². The van der Waals surface area contributed by atoms with Crippen LogP contribution in [0.1, 0.15) is 19.4 Å². The van der Waals surface area contributed by atoms with E-state index >= 15 is 0 Å². The van der Waals surface area contributed by atoms with Crippen LogP contribution in [0.15, 0.2) is 12.4 Å². The summed E-state index contributed by atoms with van der Waals surface area (Å²) in [4.78, 5) is 35.2. The number of anilines is 1. The van der Waals surface area contributed by atoms with E-state index in [1.165, 1.54) is 6.92 Å². The molecular formula is C14H21N5O3. The Balaban J connectivity index is 2.30. The lowest BCUT2D eigenvalue weighted by Crippen LogP contribution is -2.73. The number of hydrogen-bond donors (Lipinski definition) is 2. The van der Waals surface area contributed by atoms with Crippen LogP contribution >= 0.6 is 0 Å². The Bertz CT molecular complexity index is 562. The van der Waals surface area contributed by atoms with Gasteiger partial charge in [-0.3, -0.25) is 15.0 Å². The van der Waals surface area contributed by atoms with E-state index in [4.69, 9.17) is 0 Å². The number of hydrogen-bond acceptors (Lipinski definition) is 6. The van der Waals surface area contributed by atoms with Gasteiger partial charge in [0.05, 0.1) is 6.54 Å². The summed E-state index contributed by atoms with van der Waals surface area (Å²) in [5.41, 5.74) is -0.254. The molecule has 1 aromatic rings. The summed E-state index contributed by atoms with van der Waals surface area (Å²) < 4.78 is 0. The summed E-state index contributed by atoms with van der Waals surface area (Å²) in [5, 5.41) is 12.2. The lowest BCUT2D eigenvalue weighted by molar-refractivity contribution is -0.130. The standard InChI is InChI=1S/C14H21N5O3/c1-4-11-7-16-12(17-8-11)18-5-6-19(13(21)22)14(9-18,15-3)10(2)20/h7-8,15H,4-6,9H2,1-3H3,(H,21,22). The van der Waals surface area contributed by atoms with Gasteiger partial charge in [0.2, 0.25) is 5.95 Å². The molecule has 0 spiro atoms. The second-order valence-electron chi connectivity index (χ2n) is 5.27. The van der Waals surface area contributed by atoms with Gasteiger partial charge in [-0.2, -0.15) is 0 Å². The van der Waals surface area contributed by atoms with Crippen molar-refractivity contribution >= 4 is 17.8 Å². The summed E-state index contributed by atoms with van der Waals surface area (Å²) >= 11 is 0. The number of piperazine rings is 1. The number of aryl methyl sites for hydroxylation is 1. The van der Waals surface area contributed by atoms with Crippen molar-refractivity contribution in [3.63, 3.8) is 0 Å². The fourth-order valence-corrected chi connectivity index (χ4v) is 2.67. The molecule has 1 aliphatic rings. The van der Waals surface area contributed by atoms with Crippen molar-refractivity contribution in [1.82, 2.24) is 20.2 Å². The zero-order chi connectivity index (χ0) is 16.3. The second kappa shape index (κ2) is 6.27. The Morgan fingerprint density at radius 1 is 1.36 bits per heavy atom. The van der Waals surface area contributed by atoms with E-state index in [0.717, 1.165) is 16.9 Å². The molecule has 8 nitrogen and oxygen atoms in total. The van der Waals surface area contributed by atoms with Gasteiger partial charge in [-0.25, -0.2) is 14.8 Å². The normalized spacial score (nSPS) is 21.8. The highest BCUT2D eigenvalue weighted by molar-refractivity contribution is 5.90. The predicted molar refractivity (Wildman–Crippen MR) is 80.8 cm³/mol. The average molecular weight is 307 g/mol. The van der Waals surface area contributed by atoms with Crippen LogP contribution in [0.25, 0.3) is 0 Å². The van der Waals surface area contributed by atoms with E-state index in [9.17, 15) is 14.7 Å². The third-order valence-electron chi connectivity index (χ3n) is 4.08. The average Bonchev–Trinajstić information content (AvgIpc) is 2.53. The third-order valence-corrected chi connectivity index (χ3v) is 4.08. The van der Waals surface area contributed by atoms with Crippen LogP contribution in [0.3, 0.4) is 0 Å². The molecule has 1 saturated heterocycles. The number of likely N-dealkylation sites (N-methyl/N-ethyl adjacent to an activating group) is 1. The summed E-state index contributed by atoms with van der Waals surface area (Å²) in [7, 11) is 1.59. The highest BCUT2D eigenvalue weighted by atomic mass is 16.4. The molecule has 0 aromatic carbocycles. The smallest absolute Gasteiger partial charge is 0.409 e. The zero-order valence-electron chi connectivity index (χ0n) is 13.0. The van der Waals surface area contributed by atoms with E-state index in [1.54, 1.807) is 19.4 Å². The first-order chi connectivity index (χ1) is 10.4. The third kappa shape index (κ3) is 2.74. The molecule has 8 heteroatoms. The molecule has 1 aromatic heterocycles. The Hall–Kier alpha value is -2.22. The molecule has 120 valence electrons. The Morgan fingerprint density at radius 2 is 2.00 bits per heavy atom. The van der Waals surface area contributed by atoms with Gasteiger partial charge in [0, 0.05) is 25.5 Å². The maximum atomic E-state index is 12.1. The minimum Gasteiger partial charge on any atom is -0.465 e. The topological polar surface area (TPSA) is 98.7 Å². The van der Waals surface area contributed by atoms with Gasteiger partial charge in [-0.1, -0.05) is 6.92 Å². The molecule has 0 bridgehead atoms. The fraction of sp³-hybridized carbons (Fsp3) is 0.571. The number of carboxylic acid groups (broad SMARTS) is 1. The molecule has 0 radical (unpaired) electrons. The number of aromatic nitrogens is 2. The van der Waals surface area contributed by atoms with Crippen LogP contribution in [0.4, 0.5) is 10.7 Å². The fourth-order valence-electron chi connectivity index (χ4n) is 2.67. The molecule has 0 aliphatic carbocycles. The van der Waals surface area contributed by atoms with Crippen molar-refractivity contribution in [2.75, 3.05) is 31.6 Å². The largest absolute Gasteiger partial charge is 0.465 e. The summed E-state index contributed by atoms with van der Waals surface area (Å²) in [6.45, 7) is 4.22. The molecule has 1 atom stereocenters. The molecular weight excluding hydrogens is 286 g/mol. The maximum Gasteiger partial charge on any atom is 0.409 e. The van der Waals surface area contributed by atoms with Crippen molar-refractivity contribution < 1.29 is 14.7 Å². The van der Waals surface area contributed by atoms with Crippen LogP contribution < -0.4 is 10.2 Å². The number of Topliss-reactive ketones (excluding diaryl/α,β-unsaturated/α-hetero) is 1. The lowest BCUT2D eigenvalue weighted by Gasteiger charge is -2.47. The molecule has 2 N–H and O–H groups in total. The van der Waals surface area contributed by atoms with Gasteiger partial charge in [0.25, 0.3) is 0 Å². The minimum atomic E-state index is -1.28. The van der Waals surface area contributed by atoms with Crippen LogP contribution in [-0.4, -0.2) is 64.2 Å². The van der Waals surface area contributed by atoms with E-state index in [1.807, 2.05) is 11.8 Å². The quantitative estimate of drug-likeness (QED) is 0.827. The van der Waals surface area contributed by atoms with E-state index < -0.39 is 11.8 Å². The van der Waals surface area contributed by atoms with Gasteiger partial charge >= 0.3 is 6.09 Å². The Labute approximate surface area is 129 Å². The second-order valence-corrected chi connectivity index (χ2v) is 5.27. The van der Waals surface area contributed by atoms with Crippen molar-refractivity contribution in [2.24, 2.45) is 0 Å². The number of rotatable bonds is 4. The monoisotopic (exact) mass is 307 g/mol. The first-order valence-electron chi connectivity index (χ1n) is 7.21. The van der Waals surface area contributed by atoms with Crippen LogP contribution in [-0.2, 0) is 11.2 Å². The SMILES string of the molecule is CCc1cnc(N2CCN(C(=O)O)C(NC)(C(C)=O)C2)nc1. The van der Waals surface area contributed by atoms with Gasteiger partial charge in [-0.05, 0) is 26.0 Å². The van der Waals surface area contributed by atoms with Crippen molar-refractivity contribution in [3.05, 3.63) is 18.0 Å². The molecule has 1 fully saturated rings. The predicted octanol–water partition coefficient (Wildman–Crippen LogP) is 0.344. The van der Waals surface area contributed by atoms with Crippen LogP contribution in [0.5, 0.6) is 0 Å². The number of nitrogens with one attached hydrogen (secondary N) is 1. The van der Waals surface area contributed by atoms with Gasteiger partial charge in [0.15, 0.2) is 11.4 Å². The zero-order valence-corrected chi connectivity index (χ0v) is 13.0. The molecule has 2 rings (SSSR count). The first-order valence-corrected chi connectivity index (χ1v) is 7.21. The summed E-state index contributed by atoms with van der Waals surface area (Å²) in [5.74, 6) is 0.246. The van der Waals surface area contributed by atoms with Crippen LogP contribution in [0.2, 0.25) is 0 Å². The Kier molecular flexibility index (Phi) is 4.60. The van der Waals surface area contributed by atoms with E-state index in [-0.39, 0.29) is 18.9 Å². The number of nitrogens with zero attached hydrogens (tertiary/aromatic N) is 4. The van der Waals surface area contributed by atoms with E-state index in [0.29, 0.717) is 12.5 Å². The van der Waals surface area contributed by atoms with Crippen molar-refractivity contribution in [1.29, 1.82) is 0 Å². The first kappa shape index (κ1) is 16.2. The molecule has 2 heterocycles. The van der Waals surface area contributed by atoms with Gasteiger partial charge in [0.1, 0.15) is 0 Å². The molecule has 1 amide bonds. The highest BCUT2D eigenvalue weighted by Crippen LogP contribution is 2.23. The van der Waals surface area contributed by atoms with Crippen molar-refractivity contribution in [2.45, 2.75) is 25.9 Å². The number of amides is 1. The van der Waals surface area contributed by atoms with Crippen LogP contribution in [0, 0.1) is 0 Å². The highest BCUT2D eigenvalue weighted by Gasteiger charge is 2.47. The molecule has 22 heavy (non-hydrogen) atoms. The summed E-state index contributed by atoms with van der Waals surface area (Å²) in [6, 6.07) is 0. The molecule has 0 saturated carbocycles. The number of carbonyl (C=O) groups is 2. The Morgan fingerprint density at radius 3 is 2.45 bits per heavy atom. The minimum absolute atomic E-state index is 0.177. The summed E-state index contributed by atoms with van der Waals surface area (Å²) in [6.07, 6.45) is 3.23. The number of ketones is 1. The van der Waals surface area contributed by atoms with Gasteiger partial charge < -0.3 is 10.0 Å². The van der Waals surface area contributed by atoms with Crippen molar-refractivity contribution in [3.8, 4) is 0 Å². The number of carbonyl (C=O) groups excluding carboxylic acids is 1. The molecule has 1 aliphatic heterocycles. The maximum absolute atomic E-state index is 12.1. The lowest BCUT2D eigenvalue weighted by atomic mass is 10.0. The molecule has 1 unspecified atom stereocenters. The van der Waals surface area contributed by atoms with E-state index in [2.05, 4.69) is 15.3 Å².